The number of aliphatic imine (C=N–C) groups is 1. The van der Waals surface area contributed by atoms with Crippen molar-refractivity contribution in [1.29, 1.82) is 0 Å². The molecule has 8 heteroatoms. The van der Waals surface area contributed by atoms with Crippen LogP contribution in [0, 0.1) is 5.82 Å². The lowest BCUT2D eigenvalue weighted by atomic mass is 10.1. The number of amides is 3. The van der Waals surface area contributed by atoms with Crippen LogP contribution in [0.2, 0.25) is 0 Å². The number of hydrogen-bond acceptors (Lipinski definition) is 4. The van der Waals surface area contributed by atoms with Gasteiger partial charge in [0.15, 0.2) is 0 Å². The first kappa shape index (κ1) is 17.6. The monoisotopic (exact) mass is 363 g/mol. The summed E-state index contributed by atoms with van der Waals surface area (Å²) in [6, 6.07) is 5.18. The summed E-state index contributed by atoms with van der Waals surface area (Å²) < 4.78 is 15.1. The minimum atomic E-state index is -0.628. The Bertz CT molecular complexity index is 775. The van der Waals surface area contributed by atoms with E-state index in [-0.39, 0.29) is 17.8 Å². The SMILES string of the molecule is CCCSC1=[N+](Cc2ccc(F)cc2)C2C(=O)N(C)C(=O)N(C)C2=N1. The van der Waals surface area contributed by atoms with Crippen LogP contribution in [0.4, 0.5) is 9.18 Å². The molecule has 0 aromatic heterocycles. The highest BCUT2D eigenvalue weighted by Gasteiger charge is 2.53. The molecule has 0 radical (unpaired) electrons. The fraction of sp³-hybridized carbons (Fsp3) is 0.412. The van der Waals surface area contributed by atoms with Gasteiger partial charge in [0.25, 0.3) is 17.8 Å². The standard InChI is InChI=1S/C17H20FN4O2S/c1-4-9-25-16-19-14-13(15(23)21(3)17(24)20(14)2)22(16)10-11-5-7-12(18)8-6-11/h5-8,13H,4,9-10H2,1-3H3/q+1. The molecule has 2 aliphatic rings. The third kappa shape index (κ3) is 3.18. The third-order valence-corrected chi connectivity index (χ3v) is 5.39. The Hall–Kier alpha value is -2.22. The fourth-order valence-corrected chi connectivity index (χ4v) is 3.71. The number of hydrogen-bond donors (Lipinski definition) is 0. The number of urea groups is 1. The van der Waals surface area contributed by atoms with Crippen molar-refractivity contribution in [2.24, 2.45) is 4.99 Å². The number of thioether (sulfide) groups is 1. The molecule has 1 aromatic rings. The Balaban J connectivity index is 1.98. The summed E-state index contributed by atoms with van der Waals surface area (Å²) in [5.74, 6) is 0.718. The van der Waals surface area contributed by atoms with Gasteiger partial charge in [-0.25, -0.2) is 13.8 Å². The second kappa shape index (κ2) is 6.95. The van der Waals surface area contributed by atoms with Crippen molar-refractivity contribution in [3.63, 3.8) is 0 Å². The summed E-state index contributed by atoms with van der Waals surface area (Å²) in [4.78, 5) is 32.0. The molecule has 0 N–H and O–H groups in total. The maximum absolute atomic E-state index is 13.2. The van der Waals surface area contributed by atoms with E-state index >= 15 is 0 Å². The molecular weight excluding hydrogens is 343 g/mol. The number of nitrogens with zero attached hydrogens (tertiary/aromatic N) is 4. The minimum Gasteiger partial charge on any atom is -0.269 e. The molecule has 6 nitrogen and oxygen atoms in total. The van der Waals surface area contributed by atoms with Crippen LogP contribution in [-0.4, -0.2) is 63.2 Å². The van der Waals surface area contributed by atoms with E-state index in [1.165, 1.54) is 24.1 Å². The molecule has 0 spiro atoms. The Labute approximate surface area is 150 Å². The molecule has 3 amide bonds. The molecule has 25 heavy (non-hydrogen) atoms. The van der Waals surface area contributed by atoms with E-state index in [1.54, 1.807) is 30.9 Å². The second-order valence-electron chi connectivity index (χ2n) is 6.00. The number of benzene rings is 1. The second-order valence-corrected chi connectivity index (χ2v) is 7.06. The van der Waals surface area contributed by atoms with Crippen LogP contribution in [0.1, 0.15) is 18.9 Å². The highest BCUT2D eigenvalue weighted by Crippen LogP contribution is 2.24. The molecular formula is C17H20FN4O2S+. The van der Waals surface area contributed by atoms with Gasteiger partial charge < -0.3 is 0 Å². The number of imide groups is 1. The van der Waals surface area contributed by atoms with Crippen molar-refractivity contribution in [2.45, 2.75) is 25.9 Å². The van der Waals surface area contributed by atoms with Crippen molar-refractivity contribution in [3.05, 3.63) is 35.6 Å². The zero-order valence-electron chi connectivity index (χ0n) is 14.4. The minimum absolute atomic E-state index is 0.295. The normalized spacial score (nSPS) is 20.3. The van der Waals surface area contributed by atoms with Crippen LogP contribution in [-0.2, 0) is 11.3 Å². The first-order valence-corrected chi connectivity index (χ1v) is 9.07. The van der Waals surface area contributed by atoms with Gasteiger partial charge in [-0.05, 0) is 40.9 Å². The van der Waals surface area contributed by atoms with Gasteiger partial charge in [-0.3, -0.25) is 14.6 Å². The van der Waals surface area contributed by atoms with E-state index in [2.05, 4.69) is 11.9 Å². The molecule has 0 saturated carbocycles. The molecule has 0 bridgehead atoms. The van der Waals surface area contributed by atoms with E-state index in [0.717, 1.165) is 27.8 Å². The zero-order chi connectivity index (χ0) is 18.1. The molecule has 0 aliphatic carbocycles. The van der Waals surface area contributed by atoms with Gasteiger partial charge in [-0.1, -0.05) is 19.1 Å². The van der Waals surface area contributed by atoms with Gasteiger partial charge in [0.1, 0.15) is 12.4 Å². The largest absolute Gasteiger partial charge is 0.358 e. The smallest absolute Gasteiger partial charge is 0.269 e. The Morgan fingerprint density at radius 1 is 1.20 bits per heavy atom. The lowest BCUT2D eigenvalue weighted by Gasteiger charge is -2.30. The summed E-state index contributed by atoms with van der Waals surface area (Å²) >= 11 is 1.56. The molecule has 1 unspecified atom stereocenters. The van der Waals surface area contributed by atoms with Crippen molar-refractivity contribution >= 4 is 34.7 Å². The maximum atomic E-state index is 13.2. The van der Waals surface area contributed by atoms with Gasteiger partial charge in [0.2, 0.25) is 0 Å². The summed E-state index contributed by atoms with van der Waals surface area (Å²) in [5.41, 5.74) is 0.877. The predicted molar refractivity (Wildman–Crippen MR) is 95.3 cm³/mol. The maximum Gasteiger partial charge on any atom is 0.358 e. The molecule has 3 rings (SSSR count). The summed E-state index contributed by atoms with van der Waals surface area (Å²) in [7, 11) is 3.10. The number of carbonyl (C=O) groups excluding carboxylic acids is 2. The number of halogens is 1. The first-order chi connectivity index (χ1) is 11.9. The molecule has 2 heterocycles. The third-order valence-electron chi connectivity index (χ3n) is 4.20. The van der Waals surface area contributed by atoms with Crippen molar-refractivity contribution in [1.82, 2.24) is 9.80 Å². The first-order valence-electron chi connectivity index (χ1n) is 8.08. The van der Waals surface area contributed by atoms with Gasteiger partial charge in [-0.15, -0.1) is 0 Å². The quantitative estimate of drug-likeness (QED) is 0.770. The van der Waals surface area contributed by atoms with E-state index in [4.69, 9.17) is 0 Å². The molecule has 1 aromatic carbocycles. The van der Waals surface area contributed by atoms with E-state index < -0.39 is 6.04 Å². The highest BCUT2D eigenvalue weighted by atomic mass is 32.2. The summed E-state index contributed by atoms with van der Waals surface area (Å²) in [6.45, 7) is 2.49. The number of fused-ring (bicyclic) bond motifs is 1. The molecule has 2 aliphatic heterocycles. The van der Waals surface area contributed by atoms with Crippen molar-refractivity contribution in [2.75, 3.05) is 19.8 Å². The molecule has 1 fully saturated rings. The van der Waals surface area contributed by atoms with Gasteiger partial charge >= 0.3 is 11.2 Å². The Kier molecular flexibility index (Phi) is 4.89. The Morgan fingerprint density at radius 3 is 2.52 bits per heavy atom. The van der Waals surface area contributed by atoms with Crippen molar-refractivity contribution in [3.8, 4) is 0 Å². The predicted octanol–water partition coefficient (Wildman–Crippen LogP) is 2.14. The summed E-state index contributed by atoms with van der Waals surface area (Å²) in [6.07, 6.45) is 0.969. The molecule has 1 saturated heterocycles. The zero-order valence-corrected chi connectivity index (χ0v) is 15.2. The Morgan fingerprint density at radius 2 is 1.88 bits per heavy atom. The van der Waals surface area contributed by atoms with Crippen LogP contribution in [0.5, 0.6) is 0 Å². The average molecular weight is 363 g/mol. The number of carbonyl (C=O) groups is 2. The lowest BCUT2D eigenvalue weighted by molar-refractivity contribution is -0.548. The summed E-state index contributed by atoms with van der Waals surface area (Å²) in [5, 5.41) is 0.717. The van der Waals surface area contributed by atoms with Crippen LogP contribution in [0.3, 0.4) is 0 Å². The number of rotatable bonds is 4. The topological polar surface area (TPSA) is 56.0 Å². The molecule has 1 atom stereocenters. The number of likely N-dealkylation sites (N-methyl/N-ethyl adjacent to an activating group) is 2. The van der Waals surface area contributed by atoms with Crippen LogP contribution in [0.25, 0.3) is 0 Å². The van der Waals surface area contributed by atoms with Gasteiger partial charge in [0, 0.05) is 19.8 Å². The van der Waals surface area contributed by atoms with Gasteiger partial charge in [0.05, 0.1) is 0 Å². The molecule has 132 valence electrons. The van der Waals surface area contributed by atoms with Crippen molar-refractivity contribution < 1.29 is 18.6 Å². The highest BCUT2D eigenvalue weighted by molar-refractivity contribution is 8.13. The average Bonchev–Trinajstić information content (AvgIpc) is 2.96. The lowest BCUT2D eigenvalue weighted by Crippen LogP contribution is -2.61. The van der Waals surface area contributed by atoms with E-state index in [1.807, 2.05) is 4.58 Å². The van der Waals surface area contributed by atoms with E-state index in [0.29, 0.717) is 12.4 Å². The van der Waals surface area contributed by atoms with Crippen LogP contribution < -0.4 is 0 Å². The van der Waals surface area contributed by atoms with Crippen LogP contribution >= 0.6 is 11.8 Å². The van der Waals surface area contributed by atoms with E-state index in [9.17, 15) is 14.0 Å². The van der Waals surface area contributed by atoms with Crippen LogP contribution in [0.15, 0.2) is 29.3 Å². The number of amidine groups is 2. The fourth-order valence-electron chi connectivity index (χ4n) is 2.83. The van der Waals surface area contributed by atoms with Gasteiger partial charge in [-0.2, -0.15) is 0 Å².